The van der Waals surface area contributed by atoms with Crippen molar-refractivity contribution in [2.75, 3.05) is 12.0 Å². The number of hydrogen-bond donors (Lipinski definition) is 3. The summed E-state index contributed by atoms with van der Waals surface area (Å²) in [6, 6.07) is -1.74. The normalized spacial score (nSPS) is 16.1. The van der Waals surface area contributed by atoms with Gasteiger partial charge in [-0.2, -0.15) is 0 Å². The Morgan fingerprint density at radius 1 is 1.24 bits per heavy atom. The van der Waals surface area contributed by atoms with Crippen LogP contribution in [0.3, 0.4) is 0 Å². The van der Waals surface area contributed by atoms with E-state index in [2.05, 4.69) is 10.6 Å². The quantitative estimate of drug-likeness (QED) is 0.637. The highest BCUT2D eigenvalue weighted by Gasteiger charge is 2.23. The molecule has 0 radical (unpaired) electrons. The lowest BCUT2D eigenvalue weighted by Crippen LogP contribution is -2.51. The molecule has 0 aliphatic rings. The van der Waals surface area contributed by atoms with E-state index < -0.39 is 28.8 Å². The van der Waals surface area contributed by atoms with Crippen molar-refractivity contribution < 1.29 is 18.9 Å². The molecule has 0 bridgehead atoms. The fourth-order valence-electron chi connectivity index (χ4n) is 1.31. The van der Waals surface area contributed by atoms with Gasteiger partial charge in [0.05, 0.1) is 0 Å². The molecule has 0 spiro atoms. The Labute approximate surface area is 104 Å². The van der Waals surface area contributed by atoms with Gasteiger partial charge < -0.3 is 15.7 Å². The standard InChI is InChI=1S/C10H20N2O4S/c1-6(2)8(9(13)14)12-10(15)11-7(3)5-17(4)16/h6-8H,5H2,1-4H3,(H,13,14)(H2,11,12,15). The predicted molar refractivity (Wildman–Crippen MR) is 66.3 cm³/mol. The van der Waals surface area contributed by atoms with Crippen molar-refractivity contribution in [3.63, 3.8) is 0 Å². The highest BCUT2D eigenvalue weighted by molar-refractivity contribution is 7.84. The fraction of sp³-hybridized carbons (Fsp3) is 0.800. The van der Waals surface area contributed by atoms with Crippen LogP contribution in [0.1, 0.15) is 20.8 Å². The molecule has 3 N–H and O–H groups in total. The Bertz CT molecular complexity index is 307. The van der Waals surface area contributed by atoms with Gasteiger partial charge in [-0.05, 0) is 12.8 Å². The SMILES string of the molecule is CC(CS(C)=O)NC(=O)NC(C(=O)O)C(C)C. The molecule has 0 saturated carbocycles. The average Bonchev–Trinajstić information content (AvgIpc) is 2.11. The van der Waals surface area contributed by atoms with Gasteiger partial charge >= 0.3 is 12.0 Å². The summed E-state index contributed by atoms with van der Waals surface area (Å²) in [6.45, 7) is 5.14. The summed E-state index contributed by atoms with van der Waals surface area (Å²) in [5.41, 5.74) is 0. The van der Waals surface area contributed by atoms with Crippen LogP contribution in [-0.2, 0) is 15.6 Å². The highest BCUT2D eigenvalue weighted by Crippen LogP contribution is 2.01. The molecule has 0 aromatic carbocycles. The van der Waals surface area contributed by atoms with Crippen LogP contribution in [0, 0.1) is 5.92 Å². The van der Waals surface area contributed by atoms with Crippen molar-refractivity contribution in [1.29, 1.82) is 0 Å². The summed E-state index contributed by atoms with van der Waals surface area (Å²) in [6.07, 6.45) is 1.55. The Hall–Kier alpha value is -1.11. The molecule has 0 aliphatic carbocycles. The number of rotatable bonds is 6. The molecule has 0 heterocycles. The van der Waals surface area contributed by atoms with Gasteiger partial charge in [-0.1, -0.05) is 13.8 Å². The summed E-state index contributed by atoms with van der Waals surface area (Å²) in [4.78, 5) is 22.3. The molecule has 0 fully saturated rings. The van der Waals surface area contributed by atoms with E-state index in [0.717, 1.165) is 0 Å². The van der Waals surface area contributed by atoms with Crippen LogP contribution >= 0.6 is 0 Å². The number of carbonyl (C=O) groups excluding carboxylic acids is 1. The zero-order valence-electron chi connectivity index (χ0n) is 10.5. The lowest BCUT2D eigenvalue weighted by molar-refractivity contribution is -0.140. The third-order valence-corrected chi connectivity index (χ3v) is 3.05. The lowest BCUT2D eigenvalue weighted by atomic mass is 10.1. The van der Waals surface area contributed by atoms with Crippen LogP contribution in [0.5, 0.6) is 0 Å². The topological polar surface area (TPSA) is 95.5 Å². The number of carbonyl (C=O) groups is 2. The van der Waals surface area contributed by atoms with Gasteiger partial charge in [-0.15, -0.1) is 0 Å². The number of carboxylic acids is 1. The summed E-state index contributed by atoms with van der Waals surface area (Å²) in [5.74, 6) is -0.928. The molecular weight excluding hydrogens is 244 g/mol. The minimum Gasteiger partial charge on any atom is -0.480 e. The van der Waals surface area contributed by atoms with Crippen LogP contribution in [-0.4, -0.2) is 45.4 Å². The van der Waals surface area contributed by atoms with E-state index in [-0.39, 0.29) is 12.0 Å². The Kier molecular flexibility index (Phi) is 6.79. The van der Waals surface area contributed by atoms with Crippen molar-refractivity contribution in [3.8, 4) is 0 Å². The second kappa shape index (κ2) is 7.26. The van der Waals surface area contributed by atoms with E-state index in [1.54, 1.807) is 27.0 Å². The molecular formula is C10H20N2O4S. The zero-order chi connectivity index (χ0) is 13.6. The van der Waals surface area contributed by atoms with Gasteiger partial charge in [-0.3, -0.25) is 4.21 Å². The molecule has 0 aliphatic heterocycles. The van der Waals surface area contributed by atoms with Gasteiger partial charge in [0.25, 0.3) is 0 Å². The van der Waals surface area contributed by atoms with Gasteiger partial charge in [0.15, 0.2) is 0 Å². The molecule has 0 aromatic rings. The average molecular weight is 264 g/mol. The Morgan fingerprint density at radius 3 is 2.12 bits per heavy atom. The van der Waals surface area contributed by atoms with Gasteiger partial charge in [0.1, 0.15) is 6.04 Å². The number of nitrogens with one attached hydrogen (secondary N) is 2. The molecule has 7 heteroatoms. The predicted octanol–water partition coefficient (Wildman–Crippen LogP) is 0.162. The third kappa shape index (κ3) is 6.93. The van der Waals surface area contributed by atoms with E-state index in [0.29, 0.717) is 5.75 Å². The first kappa shape index (κ1) is 15.9. The molecule has 0 saturated heterocycles. The summed E-state index contributed by atoms with van der Waals surface area (Å²) in [7, 11) is -1.00. The second-order valence-corrected chi connectivity index (χ2v) is 5.80. The number of amides is 2. The van der Waals surface area contributed by atoms with E-state index in [4.69, 9.17) is 5.11 Å². The minimum atomic E-state index is -1.07. The maximum atomic E-state index is 11.5. The highest BCUT2D eigenvalue weighted by atomic mass is 32.2. The number of aliphatic carboxylic acids is 1. The monoisotopic (exact) mass is 264 g/mol. The Balaban J connectivity index is 4.24. The number of urea groups is 1. The van der Waals surface area contributed by atoms with Crippen molar-refractivity contribution in [3.05, 3.63) is 0 Å². The van der Waals surface area contributed by atoms with Gasteiger partial charge in [0, 0.05) is 28.9 Å². The van der Waals surface area contributed by atoms with Crippen LogP contribution in [0.4, 0.5) is 4.79 Å². The number of carboxylic acid groups (broad SMARTS) is 1. The summed E-state index contributed by atoms with van der Waals surface area (Å²) >= 11 is 0. The first-order valence-corrected chi connectivity index (χ1v) is 7.06. The maximum absolute atomic E-state index is 11.5. The summed E-state index contributed by atoms with van der Waals surface area (Å²) in [5, 5.41) is 13.8. The van der Waals surface area contributed by atoms with Crippen molar-refractivity contribution >= 4 is 22.8 Å². The van der Waals surface area contributed by atoms with Crippen LogP contribution in [0.25, 0.3) is 0 Å². The van der Waals surface area contributed by atoms with Crippen molar-refractivity contribution in [2.45, 2.75) is 32.9 Å². The third-order valence-electron chi connectivity index (χ3n) is 2.08. The fourth-order valence-corrected chi connectivity index (χ4v) is 2.10. The number of hydrogen-bond acceptors (Lipinski definition) is 3. The van der Waals surface area contributed by atoms with Gasteiger partial charge in [0.2, 0.25) is 0 Å². The van der Waals surface area contributed by atoms with E-state index in [1.807, 2.05) is 0 Å². The first-order chi connectivity index (χ1) is 7.73. The molecule has 3 atom stereocenters. The van der Waals surface area contributed by atoms with Gasteiger partial charge in [-0.25, -0.2) is 9.59 Å². The molecule has 17 heavy (non-hydrogen) atoms. The van der Waals surface area contributed by atoms with Crippen LogP contribution in [0.2, 0.25) is 0 Å². The molecule has 100 valence electrons. The minimum absolute atomic E-state index is 0.200. The van der Waals surface area contributed by atoms with E-state index in [1.165, 1.54) is 0 Å². The van der Waals surface area contributed by atoms with Crippen molar-refractivity contribution in [1.82, 2.24) is 10.6 Å². The lowest BCUT2D eigenvalue weighted by Gasteiger charge is -2.20. The maximum Gasteiger partial charge on any atom is 0.326 e. The molecule has 0 aromatic heterocycles. The van der Waals surface area contributed by atoms with E-state index in [9.17, 15) is 13.8 Å². The largest absolute Gasteiger partial charge is 0.480 e. The Morgan fingerprint density at radius 2 is 1.76 bits per heavy atom. The van der Waals surface area contributed by atoms with Crippen molar-refractivity contribution in [2.24, 2.45) is 5.92 Å². The first-order valence-electron chi connectivity index (χ1n) is 5.34. The van der Waals surface area contributed by atoms with Crippen LogP contribution in [0.15, 0.2) is 0 Å². The summed E-state index contributed by atoms with van der Waals surface area (Å²) < 4.78 is 10.9. The molecule has 6 nitrogen and oxygen atoms in total. The second-order valence-electron chi connectivity index (χ2n) is 4.32. The molecule has 3 unspecified atom stereocenters. The molecule has 2 amide bonds. The molecule has 0 rings (SSSR count). The smallest absolute Gasteiger partial charge is 0.326 e. The van der Waals surface area contributed by atoms with Crippen LogP contribution < -0.4 is 10.6 Å². The van der Waals surface area contributed by atoms with E-state index >= 15 is 0 Å². The zero-order valence-corrected chi connectivity index (χ0v) is 11.3.